The molecule has 0 spiro atoms. The molecule has 3 amide bonds. The second-order valence-electron chi connectivity index (χ2n) is 5.57. The normalized spacial score (nSPS) is 21.6. The zero-order valence-electron chi connectivity index (χ0n) is 13.5. The summed E-state index contributed by atoms with van der Waals surface area (Å²) in [6.07, 6.45) is 0. The smallest absolute Gasteiger partial charge is 0.325 e. The molecule has 7 heteroatoms. The summed E-state index contributed by atoms with van der Waals surface area (Å²) in [7, 11) is 3.01. The highest BCUT2D eigenvalue weighted by Gasteiger charge is 2.50. The maximum absolute atomic E-state index is 12.8. The van der Waals surface area contributed by atoms with Gasteiger partial charge in [0.05, 0.1) is 26.2 Å². The minimum absolute atomic E-state index is 0.0447. The van der Waals surface area contributed by atoms with Crippen molar-refractivity contribution in [2.45, 2.75) is 19.4 Å². The average molecular weight is 317 g/mol. The number of carbonyl (C=O) groups excluding carboxylic acids is 2. The molecule has 7 nitrogen and oxygen atoms in total. The number of imide groups is 1. The lowest BCUT2D eigenvalue weighted by molar-refractivity contribution is -0.131. The van der Waals surface area contributed by atoms with E-state index in [1.54, 1.807) is 32.0 Å². The number of nitrogens with one attached hydrogen (secondary N) is 1. The molecule has 1 aliphatic heterocycles. The number of urea groups is 1. The monoisotopic (exact) mass is 317 g/mol. The van der Waals surface area contributed by atoms with E-state index in [2.05, 4.69) is 5.32 Å². The second kappa shape index (κ2) is 6.16. The zero-order valence-corrected chi connectivity index (χ0v) is 13.5. The largest absolute Gasteiger partial charge is 0.497 e. The van der Waals surface area contributed by atoms with Gasteiger partial charge in [-0.1, -0.05) is 0 Å². The van der Waals surface area contributed by atoms with Crippen LogP contribution in [0.5, 0.6) is 11.5 Å². The minimum atomic E-state index is -1.27. The van der Waals surface area contributed by atoms with Crippen LogP contribution in [0.4, 0.5) is 4.79 Å². The van der Waals surface area contributed by atoms with Crippen molar-refractivity contribution < 1.29 is 19.1 Å². The molecule has 122 valence electrons. The Morgan fingerprint density at radius 3 is 2.61 bits per heavy atom. The molecule has 1 heterocycles. The third-order valence-corrected chi connectivity index (χ3v) is 3.90. The van der Waals surface area contributed by atoms with Crippen molar-refractivity contribution in [3.63, 3.8) is 0 Å². The first kappa shape index (κ1) is 16.6. The van der Waals surface area contributed by atoms with Gasteiger partial charge in [0.15, 0.2) is 0 Å². The van der Waals surface area contributed by atoms with Crippen LogP contribution in [0.15, 0.2) is 18.2 Å². The highest BCUT2D eigenvalue weighted by Crippen LogP contribution is 2.37. The fourth-order valence-corrected chi connectivity index (χ4v) is 2.56. The van der Waals surface area contributed by atoms with Crippen molar-refractivity contribution in [3.05, 3.63) is 23.8 Å². The van der Waals surface area contributed by atoms with E-state index in [1.165, 1.54) is 14.2 Å². The van der Waals surface area contributed by atoms with Crippen LogP contribution in [0.3, 0.4) is 0 Å². The Balaban J connectivity index is 2.45. The van der Waals surface area contributed by atoms with Crippen LogP contribution in [0, 0.1) is 17.2 Å². The number of nitriles is 1. The third kappa shape index (κ3) is 2.80. The molecule has 0 radical (unpaired) electrons. The number of hydrogen-bond donors (Lipinski definition) is 1. The molecule has 1 fully saturated rings. The Labute approximate surface area is 134 Å². The van der Waals surface area contributed by atoms with Crippen LogP contribution >= 0.6 is 0 Å². The maximum Gasteiger partial charge on any atom is 0.325 e. The van der Waals surface area contributed by atoms with Gasteiger partial charge in [-0.15, -0.1) is 0 Å². The molecule has 1 N–H and O–H groups in total. The van der Waals surface area contributed by atoms with Crippen molar-refractivity contribution in [3.8, 4) is 17.6 Å². The van der Waals surface area contributed by atoms with E-state index in [0.29, 0.717) is 17.1 Å². The number of ether oxygens (including phenoxy) is 2. The number of rotatable bonds is 5. The van der Waals surface area contributed by atoms with Crippen molar-refractivity contribution >= 4 is 11.9 Å². The number of nitrogens with zero attached hydrogens (tertiary/aromatic N) is 2. The minimum Gasteiger partial charge on any atom is -0.497 e. The van der Waals surface area contributed by atoms with Crippen molar-refractivity contribution in [2.24, 2.45) is 5.92 Å². The average Bonchev–Trinajstić information content (AvgIpc) is 2.78. The van der Waals surface area contributed by atoms with Crippen LogP contribution in [0.1, 0.15) is 19.4 Å². The summed E-state index contributed by atoms with van der Waals surface area (Å²) in [6.45, 7) is 3.31. The summed E-state index contributed by atoms with van der Waals surface area (Å²) in [5.41, 5.74) is -0.767. The Bertz CT molecular complexity index is 682. The maximum atomic E-state index is 12.8. The molecule has 1 saturated heterocycles. The number of benzene rings is 1. The SMILES string of the molecule is COc1ccc(OC)c(C2(C)NC(=O)N(CC(C)C#N)C2=O)c1. The van der Waals surface area contributed by atoms with Crippen LogP contribution in [0.25, 0.3) is 0 Å². The van der Waals surface area contributed by atoms with Gasteiger partial charge in [0, 0.05) is 12.1 Å². The van der Waals surface area contributed by atoms with E-state index in [4.69, 9.17) is 14.7 Å². The molecule has 0 aromatic heterocycles. The van der Waals surface area contributed by atoms with Crippen LogP contribution in [-0.4, -0.2) is 37.6 Å². The van der Waals surface area contributed by atoms with Gasteiger partial charge in [-0.05, 0) is 32.0 Å². The van der Waals surface area contributed by atoms with Crippen LogP contribution < -0.4 is 14.8 Å². The van der Waals surface area contributed by atoms with Gasteiger partial charge in [0.1, 0.15) is 17.0 Å². The topological polar surface area (TPSA) is 91.7 Å². The Hall–Kier alpha value is -2.75. The fraction of sp³-hybridized carbons (Fsp3) is 0.438. The molecule has 2 unspecified atom stereocenters. The first-order valence-corrected chi connectivity index (χ1v) is 7.13. The van der Waals surface area contributed by atoms with Crippen LogP contribution in [-0.2, 0) is 10.3 Å². The molecule has 0 aliphatic carbocycles. The van der Waals surface area contributed by atoms with E-state index in [9.17, 15) is 9.59 Å². The summed E-state index contributed by atoms with van der Waals surface area (Å²) >= 11 is 0. The van der Waals surface area contributed by atoms with Crippen molar-refractivity contribution in [2.75, 3.05) is 20.8 Å². The van der Waals surface area contributed by atoms with Gasteiger partial charge in [-0.2, -0.15) is 5.26 Å². The summed E-state index contributed by atoms with van der Waals surface area (Å²) in [6, 6.07) is 6.55. The zero-order chi connectivity index (χ0) is 17.2. The molecule has 1 aliphatic rings. The van der Waals surface area contributed by atoms with Gasteiger partial charge < -0.3 is 14.8 Å². The number of carbonyl (C=O) groups is 2. The van der Waals surface area contributed by atoms with Gasteiger partial charge in [-0.25, -0.2) is 4.79 Å². The van der Waals surface area contributed by atoms with Crippen molar-refractivity contribution in [1.29, 1.82) is 5.26 Å². The summed E-state index contributed by atoms with van der Waals surface area (Å²) in [5.74, 6) is 0.153. The summed E-state index contributed by atoms with van der Waals surface area (Å²) in [4.78, 5) is 26.0. The summed E-state index contributed by atoms with van der Waals surface area (Å²) in [5, 5.41) is 11.6. The Morgan fingerprint density at radius 1 is 1.35 bits per heavy atom. The molecule has 23 heavy (non-hydrogen) atoms. The Kier molecular flexibility index (Phi) is 4.45. The standard InChI is InChI=1S/C16H19N3O4/c1-10(8-17)9-19-14(20)16(2,18-15(19)21)12-7-11(22-3)5-6-13(12)23-4/h5-7,10H,9H2,1-4H3,(H,18,21). The van der Waals surface area contributed by atoms with Gasteiger partial charge in [0.25, 0.3) is 5.91 Å². The van der Waals surface area contributed by atoms with Gasteiger partial charge in [0.2, 0.25) is 0 Å². The molecule has 1 aromatic carbocycles. The van der Waals surface area contributed by atoms with E-state index in [1.807, 2.05) is 6.07 Å². The van der Waals surface area contributed by atoms with Gasteiger partial charge in [-0.3, -0.25) is 9.69 Å². The van der Waals surface area contributed by atoms with E-state index in [-0.39, 0.29) is 6.54 Å². The van der Waals surface area contributed by atoms with Gasteiger partial charge >= 0.3 is 6.03 Å². The lowest BCUT2D eigenvalue weighted by Crippen LogP contribution is -2.41. The molecular formula is C16H19N3O4. The Morgan fingerprint density at radius 2 is 2.04 bits per heavy atom. The van der Waals surface area contributed by atoms with E-state index >= 15 is 0 Å². The van der Waals surface area contributed by atoms with Crippen LogP contribution in [0.2, 0.25) is 0 Å². The molecule has 2 atom stereocenters. The van der Waals surface area contributed by atoms with Crippen molar-refractivity contribution in [1.82, 2.24) is 10.2 Å². The molecule has 1 aromatic rings. The highest BCUT2D eigenvalue weighted by atomic mass is 16.5. The highest BCUT2D eigenvalue weighted by molar-refractivity contribution is 6.07. The number of hydrogen-bond acceptors (Lipinski definition) is 5. The molecular weight excluding hydrogens is 298 g/mol. The molecule has 0 saturated carbocycles. The first-order valence-electron chi connectivity index (χ1n) is 7.13. The summed E-state index contributed by atoms with van der Waals surface area (Å²) < 4.78 is 10.5. The number of methoxy groups -OCH3 is 2. The third-order valence-electron chi connectivity index (χ3n) is 3.90. The lowest BCUT2D eigenvalue weighted by Gasteiger charge is -2.25. The first-order chi connectivity index (χ1) is 10.9. The quantitative estimate of drug-likeness (QED) is 0.833. The predicted octanol–water partition coefficient (Wildman–Crippen LogP) is 1.63. The molecule has 2 rings (SSSR count). The lowest BCUT2D eigenvalue weighted by atomic mass is 9.90. The predicted molar refractivity (Wildman–Crippen MR) is 81.9 cm³/mol. The number of amides is 3. The van der Waals surface area contributed by atoms with E-state index in [0.717, 1.165) is 4.90 Å². The fourth-order valence-electron chi connectivity index (χ4n) is 2.56. The van der Waals surface area contributed by atoms with E-state index < -0.39 is 23.4 Å². The molecule has 0 bridgehead atoms. The second-order valence-corrected chi connectivity index (χ2v) is 5.57.